The maximum absolute atomic E-state index is 12.3. The molecule has 0 saturated heterocycles. The Bertz CT molecular complexity index is 1010. The van der Waals surface area contributed by atoms with Crippen molar-refractivity contribution in [1.29, 1.82) is 0 Å². The fraction of sp³-hybridized carbons (Fsp3) is 0.300. The first kappa shape index (κ1) is 18.6. The van der Waals surface area contributed by atoms with Crippen LogP contribution in [0.3, 0.4) is 0 Å². The molecule has 0 bridgehead atoms. The minimum absolute atomic E-state index is 0.0850. The lowest BCUT2D eigenvalue weighted by Gasteiger charge is -2.11. The first-order valence-electron chi connectivity index (χ1n) is 8.83. The van der Waals surface area contributed by atoms with Crippen molar-refractivity contribution in [1.82, 2.24) is 19.9 Å². The van der Waals surface area contributed by atoms with E-state index in [9.17, 15) is 9.59 Å². The zero-order chi connectivity index (χ0) is 19.6. The van der Waals surface area contributed by atoms with E-state index >= 15 is 0 Å². The van der Waals surface area contributed by atoms with Crippen LogP contribution in [0.4, 0.5) is 5.69 Å². The van der Waals surface area contributed by atoms with Crippen LogP contribution < -0.4 is 10.6 Å². The number of carbonyl (C=O) groups is 2. The van der Waals surface area contributed by atoms with E-state index in [1.807, 2.05) is 31.4 Å². The van der Waals surface area contributed by atoms with E-state index in [4.69, 9.17) is 0 Å². The average molecular weight is 365 g/mol. The van der Waals surface area contributed by atoms with E-state index in [1.54, 1.807) is 31.3 Å². The van der Waals surface area contributed by atoms with Gasteiger partial charge in [-0.1, -0.05) is 0 Å². The maximum atomic E-state index is 12.3. The van der Waals surface area contributed by atoms with Crippen molar-refractivity contribution >= 4 is 23.1 Å². The number of aryl methyl sites for hydroxylation is 3. The van der Waals surface area contributed by atoms with Crippen LogP contribution >= 0.6 is 0 Å². The number of nitrogens with one attached hydrogen (secondary N) is 2. The van der Waals surface area contributed by atoms with Crippen LogP contribution in [-0.2, 0) is 11.2 Å². The largest absolute Gasteiger partial charge is 0.355 e. The number of nitrogens with zero attached hydrogens (tertiary/aromatic N) is 3. The standard InChI is InChI=1S/C20H23N5O2/c1-12-11-18-22-13(2)17(14(3)25(18)24-12)9-10-19(26)23-16-7-5-15(6-8-16)20(27)21-4/h5-8,11H,9-10H2,1-4H3,(H,21,27)(H,23,26). The topological polar surface area (TPSA) is 88.4 Å². The number of hydrogen-bond acceptors (Lipinski definition) is 4. The van der Waals surface area contributed by atoms with Gasteiger partial charge in [-0.2, -0.15) is 5.10 Å². The van der Waals surface area contributed by atoms with Gasteiger partial charge in [0, 0.05) is 42.2 Å². The van der Waals surface area contributed by atoms with Crippen molar-refractivity contribution in [3.8, 4) is 0 Å². The predicted molar refractivity (Wildman–Crippen MR) is 104 cm³/mol. The van der Waals surface area contributed by atoms with Crippen LogP contribution in [0.1, 0.15) is 39.4 Å². The van der Waals surface area contributed by atoms with E-state index in [1.165, 1.54) is 0 Å². The van der Waals surface area contributed by atoms with Crippen LogP contribution in [0.5, 0.6) is 0 Å². The Morgan fingerprint density at radius 3 is 2.48 bits per heavy atom. The highest BCUT2D eigenvalue weighted by molar-refractivity contribution is 5.95. The summed E-state index contributed by atoms with van der Waals surface area (Å²) in [4.78, 5) is 28.5. The first-order valence-corrected chi connectivity index (χ1v) is 8.83. The SMILES string of the molecule is CNC(=O)c1ccc(NC(=O)CCc2c(C)nc3cc(C)nn3c2C)cc1. The molecule has 27 heavy (non-hydrogen) atoms. The van der Waals surface area contributed by atoms with Crippen molar-refractivity contribution in [2.75, 3.05) is 12.4 Å². The molecule has 2 amide bonds. The zero-order valence-electron chi connectivity index (χ0n) is 16.0. The fourth-order valence-electron chi connectivity index (χ4n) is 3.11. The summed E-state index contributed by atoms with van der Waals surface area (Å²) in [6, 6.07) is 8.75. The molecule has 0 saturated carbocycles. The molecule has 0 unspecified atom stereocenters. The second-order valence-electron chi connectivity index (χ2n) is 6.52. The van der Waals surface area contributed by atoms with Gasteiger partial charge in [-0.3, -0.25) is 9.59 Å². The summed E-state index contributed by atoms with van der Waals surface area (Å²) in [6.07, 6.45) is 0.925. The van der Waals surface area contributed by atoms with Crippen molar-refractivity contribution in [3.63, 3.8) is 0 Å². The molecular formula is C20H23N5O2. The first-order chi connectivity index (χ1) is 12.9. The number of amides is 2. The van der Waals surface area contributed by atoms with E-state index < -0.39 is 0 Å². The minimum Gasteiger partial charge on any atom is -0.355 e. The monoisotopic (exact) mass is 365 g/mol. The van der Waals surface area contributed by atoms with Gasteiger partial charge in [-0.05, 0) is 57.0 Å². The van der Waals surface area contributed by atoms with Gasteiger partial charge in [0.15, 0.2) is 5.65 Å². The smallest absolute Gasteiger partial charge is 0.251 e. The molecule has 140 valence electrons. The fourth-order valence-corrected chi connectivity index (χ4v) is 3.11. The quantitative estimate of drug-likeness (QED) is 0.727. The summed E-state index contributed by atoms with van der Waals surface area (Å²) in [7, 11) is 1.58. The summed E-state index contributed by atoms with van der Waals surface area (Å²) in [5.74, 6) is -0.242. The van der Waals surface area contributed by atoms with Crippen LogP contribution in [0, 0.1) is 20.8 Å². The van der Waals surface area contributed by atoms with Gasteiger partial charge in [-0.25, -0.2) is 9.50 Å². The summed E-state index contributed by atoms with van der Waals surface area (Å²) in [6.45, 7) is 5.89. The Hall–Kier alpha value is -3.22. The van der Waals surface area contributed by atoms with E-state index in [0.717, 1.165) is 28.3 Å². The Balaban J connectivity index is 1.67. The maximum Gasteiger partial charge on any atom is 0.251 e. The minimum atomic E-state index is -0.157. The third-order valence-electron chi connectivity index (χ3n) is 4.55. The van der Waals surface area contributed by atoms with Crippen molar-refractivity contribution in [2.45, 2.75) is 33.6 Å². The zero-order valence-corrected chi connectivity index (χ0v) is 16.0. The van der Waals surface area contributed by atoms with Crippen LogP contribution in [0.15, 0.2) is 30.3 Å². The third-order valence-corrected chi connectivity index (χ3v) is 4.55. The lowest BCUT2D eigenvalue weighted by atomic mass is 10.1. The molecule has 0 atom stereocenters. The molecule has 1 aromatic carbocycles. The number of rotatable bonds is 5. The van der Waals surface area contributed by atoms with Gasteiger partial charge in [0.2, 0.25) is 5.91 Å². The summed E-state index contributed by atoms with van der Waals surface area (Å²) < 4.78 is 1.83. The van der Waals surface area contributed by atoms with E-state index in [0.29, 0.717) is 24.1 Å². The molecule has 3 aromatic rings. The lowest BCUT2D eigenvalue weighted by Crippen LogP contribution is -2.18. The number of fused-ring (bicyclic) bond motifs is 1. The van der Waals surface area contributed by atoms with Gasteiger partial charge in [0.05, 0.1) is 5.69 Å². The van der Waals surface area contributed by atoms with Gasteiger partial charge >= 0.3 is 0 Å². The second kappa shape index (κ2) is 7.57. The molecule has 2 N–H and O–H groups in total. The van der Waals surface area contributed by atoms with Crippen LogP contribution in [0.25, 0.3) is 5.65 Å². The molecule has 2 aromatic heterocycles. The van der Waals surface area contributed by atoms with Crippen LogP contribution in [-0.4, -0.2) is 33.5 Å². The second-order valence-corrected chi connectivity index (χ2v) is 6.52. The molecule has 0 aliphatic heterocycles. The number of anilines is 1. The summed E-state index contributed by atoms with van der Waals surface area (Å²) in [5.41, 5.74) is 5.92. The number of aromatic nitrogens is 3. The van der Waals surface area contributed by atoms with Gasteiger partial charge in [0.1, 0.15) is 0 Å². The van der Waals surface area contributed by atoms with Gasteiger partial charge in [0.25, 0.3) is 5.91 Å². The van der Waals surface area contributed by atoms with Crippen molar-refractivity contribution in [3.05, 3.63) is 58.5 Å². The molecular weight excluding hydrogens is 342 g/mol. The van der Waals surface area contributed by atoms with E-state index in [2.05, 4.69) is 20.7 Å². The molecule has 3 rings (SSSR count). The number of hydrogen-bond donors (Lipinski definition) is 2. The highest BCUT2D eigenvalue weighted by atomic mass is 16.2. The third kappa shape index (κ3) is 3.97. The Morgan fingerprint density at radius 1 is 1.11 bits per heavy atom. The van der Waals surface area contributed by atoms with Crippen molar-refractivity contribution in [2.24, 2.45) is 0 Å². The van der Waals surface area contributed by atoms with Crippen LogP contribution in [0.2, 0.25) is 0 Å². The molecule has 0 radical (unpaired) electrons. The lowest BCUT2D eigenvalue weighted by molar-refractivity contribution is -0.116. The number of carbonyl (C=O) groups excluding carboxylic acids is 2. The molecule has 7 heteroatoms. The molecule has 0 aliphatic carbocycles. The highest BCUT2D eigenvalue weighted by Crippen LogP contribution is 2.17. The highest BCUT2D eigenvalue weighted by Gasteiger charge is 2.13. The van der Waals surface area contributed by atoms with Gasteiger partial charge in [-0.15, -0.1) is 0 Å². The average Bonchev–Trinajstić information content (AvgIpc) is 3.02. The molecule has 2 heterocycles. The Morgan fingerprint density at radius 2 is 1.81 bits per heavy atom. The Labute approximate surface area is 157 Å². The summed E-state index contributed by atoms with van der Waals surface area (Å²) in [5, 5.41) is 9.89. The molecule has 0 fully saturated rings. The number of benzene rings is 1. The predicted octanol–water partition coefficient (Wildman–Crippen LogP) is 2.59. The van der Waals surface area contributed by atoms with Gasteiger partial charge < -0.3 is 10.6 Å². The van der Waals surface area contributed by atoms with Crippen molar-refractivity contribution < 1.29 is 9.59 Å². The molecule has 0 aliphatic rings. The summed E-state index contributed by atoms with van der Waals surface area (Å²) >= 11 is 0. The normalized spacial score (nSPS) is 10.8. The van der Waals surface area contributed by atoms with E-state index in [-0.39, 0.29) is 11.8 Å². The Kier molecular flexibility index (Phi) is 5.21. The molecule has 0 spiro atoms. The molecule has 7 nitrogen and oxygen atoms in total.